The molecular weight excluding hydrogens is 344 g/mol. The first-order valence-electron chi connectivity index (χ1n) is 9.46. The van der Waals surface area contributed by atoms with Gasteiger partial charge in [0.1, 0.15) is 5.73 Å². The number of rotatable bonds is 5. The second-order valence-electron chi connectivity index (χ2n) is 8.33. The van der Waals surface area contributed by atoms with Crippen molar-refractivity contribution in [1.29, 1.82) is 0 Å². The van der Waals surface area contributed by atoms with Crippen molar-refractivity contribution in [3.05, 3.63) is 48.1 Å². The van der Waals surface area contributed by atoms with Crippen molar-refractivity contribution in [2.45, 2.75) is 64.2 Å². The monoisotopic (exact) mass is 369 g/mol. The first kappa shape index (κ1) is 18.4. The van der Waals surface area contributed by atoms with Crippen LogP contribution in [0.15, 0.2) is 42.4 Å². The summed E-state index contributed by atoms with van der Waals surface area (Å²) in [5.74, 6) is 0.510. The van der Waals surface area contributed by atoms with Crippen molar-refractivity contribution in [3.8, 4) is 11.3 Å². The van der Waals surface area contributed by atoms with Gasteiger partial charge in [-0.25, -0.2) is 4.39 Å². The standard InChI is InChI=1S/C20H25BFN3O2/c1-19(2)20(3,4)27-21(26-19)18(22)9-11-25-17(14-7-8-14)12-16(24-25)15-6-5-10-23-13-15/h5-6,9-10,12-14H,7-8,11H2,1-4H3. The van der Waals surface area contributed by atoms with Gasteiger partial charge in [-0.05, 0) is 64.8 Å². The van der Waals surface area contributed by atoms with E-state index in [1.807, 2.05) is 44.5 Å². The maximum absolute atomic E-state index is 14.7. The van der Waals surface area contributed by atoms with Gasteiger partial charge in [0.15, 0.2) is 0 Å². The van der Waals surface area contributed by atoms with Crippen molar-refractivity contribution in [1.82, 2.24) is 14.8 Å². The Hall–Kier alpha value is -1.99. The lowest BCUT2D eigenvalue weighted by Crippen LogP contribution is -2.41. The molecule has 7 heteroatoms. The largest absolute Gasteiger partial charge is 0.524 e. The third kappa shape index (κ3) is 3.58. The fourth-order valence-electron chi connectivity index (χ4n) is 3.17. The molecule has 1 saturated heterocycles. The number of allylic oxidation sites excluding steroid dienone is 1. The van der Waals surface area contributed by atoms with E-state index in [-0.39, 0.29) is 0 Å². The molecule has 2 aliphatic rings. The van der Waals surface area contributed by atoms with Gasteiger partial charge in [0.2, 0.25) is 0 Å². The molecule has 2 aromatic rings. The highest BCUT2D eigenvalue weighted by Crippen LogP contribution is 2.41. The molecule has 2 fully saturated rings. The zero-order chi connectivity index (χ0) is 19.2. The maximum atomic E-state index is 14.7. The first-order valence-corrected chi connectivity index (χ1v) is 9.46. The molecule has 0 atom stereocenters. The molecule has 0 aromatic carbocycles. The normalized spacial score (nSPS) is 21.7. The number of halogens is 1. The van der Waals surface area contributed by atoms with E-state index >= 15 is 0 Å². The molecule has 5 nitrogen and oxygen atoms in total. The summed E-state index contributed by atoms with van der Waals surface area (Å²) in [6, 6.07) is 5.97. The number of nitrogens with zero attached hydrogens (tertiary/aromatic N) is 3. The maximum Gasteiger partial charge on any atom is 0.524 e. The first-order chi connectivity index (χ1) is 12.8. The minimum Gasteiger partial charge on any atom is -0.398 e. The van der Waals surface area contributed by atoms with E-state index in [1.54, 1.807) is 12.4 Å². The SMILES string of the molecule is CC1(C)OB(C(F)=CCn2nc(-c3cccnc3)cc2C2CC2)OC1(C)C. The minimum absolute atomic E-state index is 0.349. The summed E-state index contributed by atoms with van der Waals surface area (Å²) < 4.78 is 28.1. The summed E-state index contributed by atoms with van der Waals surface area (Å²) >= 11 is 0. The van der Waals surface area contributed by atoms with Crippen molar-refractivity contribution in [2.24, 2.45) is 0 Å². The Morgan fingerprint density at radius 1 is 1.30 bits per heavy atom. The van der Waals surface area contributed by atoms with E-state index < -0.39 is 24.0 Å². The van der Waals surface area contributed by atoms with Crippen LogP contribution < -0.4 is 0 Å². The molecule has 27 heavy (non-hydrogen) atoms. The average Bonchev–Trinajstić information content (AvgIpc) is 3.33. The summed E-state index contributed by atoms with van der Waals surface area (Å²) in [5, 5.41) is 4.68. The van der Waals surface area contributed by atoms with Gasteiger partial charge in [-0.2, -0.15) is 5.10 Å². The minimum atomic E-state index is -0.965. The molecule has 0 bridgehead atoms. The summed E-state index contributed by atoms with van der Waals surface area (Å²) in [6.07, 6.45) is 7.35. The Labute approximate surface area is 159 Å². The molecule has 3 heterocycles. The van der Waals surface area contributed by atoms with Gasteiger partial charge in [-0.1, -0.05) is 0 Å². The second kappa shape index (κ2) is 6.57. The molecule has 0 unspecified atom stereocenters. The van der Waals surface area contributed by atoms with Gasteiger partial charge in [0.05, 0.1) is 23.4 Å². The van der Waals surface area contributed by atoms with Crippen LogP contribution in [-0.4, -0.2) is 33.1 Å². The fourth-order valence-corrected chi connectivity index (χ4v) is 3.17. The number of hydrogen-bond acceptors (Lipinski definition) is 4. The van der Waals surface area contributed by atoms with Gasteiger partial charge in [-0.3, -0.25) is 9.67 Å². The van der Waals surface area contributed by atoms with Gasteiger partial charge in [0, 0.05) is 29.6 Å². The average molecular weight is 369 g/mol. The highest BCUT2D eigenvalue weighted by atomic mass is 19.1. The Morgan fingerprint density at radius 3 is 2.59 bits per heavy atom. The highest BCUT2D eigenvalue weighted by Gasteiger charge is 2.53. The molecule has 0 spiro atoms. The molecule has 2 aromatic heterocycles. The van der Waals surface area contributed by atoms with Crippen LogP contribution in [0.3, 0.4) is 0 Å². The van der Waals surface area contributed by atoms with Gasteiger partial charge < -0.3 is 9.31 Å². The molecule has 142 valence electrons. The van der Waals surface area contributed by atoms with Crippen LogP contribution in [-0.2, 0) is 15.9 Å². The van der Waals surface area contributed by atoms with Crippen molar-refractivity contribution < 1.29 is 13.7 Å². The van der Waals surface area contributed by atoms with Crippen LogP contribution in [0.4, 0.5) is 4.39 Å². The Morgan fingerprint density at radius 2 is 2.00 bits per heavy atom. The molecule has 1 aliphatic heterocycles. The number of hydrogen-bond donors (Lipinski definition) is 0. The van der Waals surface area contributed by atoms with E-state index in [2.05, 4.69) is 16.1 Å². The number of aromatic nitrogens is 3. The zero-order valence-corrected chi connectivity index (χ0v) is 16.3. The van der Waals surface area contributed by atoms with E-state index in [4.69, 9.17) is 9.31 Å². The topological polar surface area (TPSA) is 49.2 Å². The lowest BCUT2D eigenvalue weighted by molar-refractivity contribution is 0.00578. The Kier molecular flexibility index (Phi) is 4.47. The van der Waals surface area contributed by atoms with Crippen LogP contribution in [0.5, 0.6) is 0 Å². The fraction of sp³-hybridized carbons (Fsp3) is 0.500. The van der Waals surface area contributed by atoms with Gasteiger partial charge >= 0.3 is 7.12 Å². The molecule has 1 aliphatic carbocycles. The van der Waals surface area contributed by atoms with Crippen LogP contribution in [0.2, 0.25) is 0 Å². The Balaban J connectivity index is 1.54. The number of pyridine rings is 1. The Bertz CT molecular complexity index is 843. The molecular formula is C20H25BFN3O2. The van der Waals surface area contributed by atoms with Crippen molar-refractivity contribution in [2.75, 3.05) is 0 Å². The second-order valence-corrected chi connectivity index (χ2v) is 8.33. The third-order valence-electron chi connectivity index (χ3n) is 5.70. The molecule has 0 amide bonds. The van der Waals surface area contributed by atoms with Crippen molar-refractivity contribution in [3.63, 3.8) is 0 Å². The summed E-state index contributed by atoms with van der Waals surface area (Å²) in [6.45, 7) is 8.01. The summed E-state index contributed by atoms with van der Waals surface area (Å²) in [4.78, 5) is 4.16. The van der Waals surface area contributed by atoms with Crippen LogP contribution >= 0.6 is 0 Å². The predicted octanol–water partition coefficient (Wildman–Crippen LogP) is 4.31. The van der Waals surface area contributed by atoms with Crippen molar-refractivity contribution >= 4 is 7.12 Å². The zero-order valence-electron chi connectivity index (χ0n) is 16.3. The molecule has 0 N–H and O–H groups in total. The molecule has 4 rings (SSSR count). The van der Waals surface area contributed by atoms with Crippen LogP contribution in [0, 0.1) is 0 Å². The van der Waals surface area contributed by atoms with E-state index in [0.29, 0.717) is 12.5 Å². The van der Waals surface area contributed by atoms with E-state index in [9.17, 15) is 4.39 Å². The van der Waals surface area contributed by atoms with Gasteiger partial charge in [-0.15, -0.1) is 0 Å². The van der Waals surface area contributed by atoms with Crippen LogP contribution in [0.1, 0.15) is 52.1 Å². The summed E-state index contributed by atoms with van der Waals surface area (Å²) in [7, 11) is -0.965. The quantitative estimate of drug-likeness (QED) is 0.737. The van der Waals surface area contributed by atoms with Crippen LogP contribution in [0.25, 0.3) is 11.3 Å². The third-order valence-corrected chi connectivity index (χ3v) is 5.70. The highest BCUT2D eigenvalue weighted by molar-refractivity contribution is 6.53. The smallest absolute Gasteiger partial charge is 0.398 e. The van der Waals surface area contributed by atoms with E-state index in [0.717, 1.165) is 29.8 Å². The lowest BCUT2D eigenvalue weighted by atomic mass is 9.88. The van der Waals surface area contributed by atoms with E-state index in [1.165, 1.54) is 6.08 Å². The summed E-state index contributed by atoms with van der Waals surface area (Å²) in [5.41, 5.74) is 1.46. The molecule has 1 saturated carbocycles. The van der Waals surface area contributed by atoms with Gasteiger partial charge in [0.25, 0.3) is 0 Å². The lowest BCUT2D eigenvalue weighted by Gasteiger charge is -2.32. The predicted molar refractivity (Wildman–Crippen MR) is 103 cm³/mol. The molecule has 0 radical (unpaired) electrons.